The molecule has 0 aliphatic heterocycles. The third kappa shape index (κ3) is 2.39. The first-order valence-corrected chi connectivity index (χ1v) is 5.04. The fourth-order valence-corrected chi connectivity index (χ4v) is 1.64. The van der Waals surface area contributed by atoms with Gasteiger partial charge in [-0.15, -0.1) is 0 Å². The Labute approximate surface area is 90.4 Å². The smallest absolute Gasteiger partial charge is 0.165 e. The lowest BCUT2D eigenvalue weighted by Gasteiger charge is -2.05. The van der Waals surface area contributed by atoms with E-state index >= 15 is 0 Å². The Morgan fingerprint density at radius 2 is 2.21 bits per heavy atom. The van der Waals surface area contributed by atoms with Gasteiger partial charge in [-0.2, -0.15) is 0 Å². The molecule has 0 aliphatic carbocycles. The number of benzene rings is 1. The van der Waals surface area contributed by atoms with E-state index in [2.05, 4.69) is 15.9 Å². The highest BCUT2D eigenvalue weighted by Crippen LogP contribution is 2.23. The van der Waals surface area contributed by atoms with E-state index in [4.69, 9.17) is 5.73 Å². The van der Waals surface area contributed by atoms with Crippen molar-refractivity contribution in [1.82, 2.24) is 0 Å². The predicted molar refractivity (Wildman–Crippen MR) is 56.8 cm³/mol. The number of rotatable bonds is 3. The number of aryl methyl sites for hydroxylation is 1. The molecular formula is C10H11BrFNO. The van der Waals surface area contributed by atoms with Gasteiger partial charge in [0.05, 0.1) is 4.47 Å². The molecule has 0 unspecified atom stereocenters. The van der Waals surface area contributed by atoms with Crippen molar-refractivity contribution in [3.05, 3.63) is 33.5 Å². The lowest BCUT2D eigenvalue weighted by molar-refractivity contribution is 0.0984. The Kier molecular flexibility index (Phi) is 3.77. The minimum Gasteiger partial charge on any atom is -0.330 e. The van der Waals surface area contributed by atoms with Crippen LogP contribution in [0, 0.1) is 12.7 Å². The summed E-state index contributed by atoms with van der Waals surface area (Å²) in [7, 11) is 0. The van der Waals surface area contributed by atoms with Crippen LogP contribution in [0.5, 0.6) is 0 Å². The van der Waals surface area contributed by atoms with Crippen LogP contribution in [0.2, 0.25) is 0 Å². The molecule has 0 saturated carbocycles. The summed E-state index contributed by atoms with van der Waals surface area (Å²) >= 11 is 3.05. The molecule has 0 radical (unpaired) electrons. The molecule has 0 saturated heterocycles. The van der Waals surface area contributed by atoms with Gasteiger partial charge in [-0.1, -0.05) is 0 Å². The van der Waals surface area contributed by atoms with Crippen LogP contribution in [0.25, 0.3) is 0 Å². The zero-order chi connectivity index (χ0) is 10.7. The van der Waals surface area contributed by atoms with E-state index in [0.717, 1.165) is 5.56 Å². The van der Waals surface area contributed by atoms with E-state index in [1.807, 2.05) is 0 Å². The quantitative estimate of drug-likeness (QED) is 0.848. The molecule has 2 N–H and O–H groups in total. The van der Waals surface area contributed by atoms with Crippen molar-refractivity contribution in [1.29, 1.82) is 0 Å². The van der Waals surface area contributed by atoms with Gasteiger partial charge in [-0.3, -0.25) is 4.79 Å². The maximum absolute atomic E-state index is 13.2. The van der Waals surface area contributed by atoms with Crippen molar-refractivity contribution in [2.24, 2.45) is 5.73 Å². The first-order valence-electron chi connectivity index (χ1n) is 4.25. The molecule has 1 rings (SSSR count). The molecule has 0 amide bonds. The minimum atomic E-state index is -0.412. The van der Waals surface area contributed by atoms with Gasteiger partial charge in [0, 0.05) is 12.0 Å². The molecule has 0 aromatic heterocycles. The van der Waals surface area contributed by atoms with Crippen molar-refractivity contribution < 1.29 is 9.18 Å². The van der Waals surface area contributed by atoms with Crippen LogP contribution < -0.4 is 5.73 Å². The van der Waals surface area contributed by atoms with Gasteiger partial charge in [0.25, 0.3) is 0 Å². The monoisotopic (exact) mass is 259 g/mol. The molecule has 0 aliphatic rings. The van der Waals surface area contributed by atoms with Crippen molar-refractivity contribution in [2.45, 2.75) is 13.3 Å². The van der Waals surface area contributed by atoms with Crippen molar-refractivity contribution in [3.63, 3.8) is 0 Å². The highest BCUT2D eigenvalue weighted by Gasteiger charge is 2.13. The van der Waals surface area contributed by atoms with Crippen LogP contribution in [0.4, 0.5) is 4.39 Å². The summed E-state index contributed by atoms with van der Waals surface area (Å²) in [6.45, 7) is 2.02. The lowest BCUT2D eigenvalue weighted by atomic mass is 10.1. The van der Waals surface area contributed by atoms with Crippen LogP contribution in [0.1, 0.15) is 22.3 Å². The SMILES string of the molecule is Cc1cc(F)c(Br)c(C(=O)CCN)c1. The topological polar surface area (TPSA) is 43.1 Å². The Hall–Kier alpha value is -0.740. The summed E-state index contributed by atoms with van der Waals surface area (Å²) in [5, 5.41) is 0. The number of ketones is 1. The first kappa shape index (κ1) is 11.3. The maximum Gasteiger partial charge on any atom is 0.165 e. The molecule has 76 valence electrons. The molecule has 0 atom stereocenters. The zero-order valence-electron chi connectivity index (χ0n) is 7.81. The third-order valence-corrected chi connectivity index (χ3v) is 2.65. The summed E-state index contributed by atoms with van der Waals surface area (Å²) in [6, 6.07) is 3.04. The minimum absolute atomic E-state index is 0.137. The van der Waals surface area contributed by atoms with E-state index in [-0.39, 0.29) is 23.2 Å². The number of Topliss-reactive ketones (excluding diaryl/α,β-unsaturated/α-hetero) is 1. The molecule has 4 heteroatoms. The van der Waals surface area contributed by atoms with Gasteiger partial charge in [0.15, 0.2) is 5.78 Å². The fourth-order valence-electron chi connectivity index (χ4n) is 1.19. The third-order valence-electron chi connectivity index (χ3n) is 1.84. The van der Waals surface area contributed by atoms with Gasteiger partial charge >= 0.3 is 0 Å². The molecule has 0 fully saturated rings. The second-order valence-electron chi connectivity index (χ2n) is 3.07. The van der Waals surface area contributed by atoms with Crippen molar-refractivity contribution in [2.75, 3.05) is 6.54 Å². The molecule has 0 heterocycles. The summed E-state index contributed by atoms with van der Waals surface area (Å²) in [5.74, 6) is -0.549. The molecule has 14 heavy (non-hydrogen) atoms. The van der Waals surface area contributed by atoms with Crippen LogP contribution in [0.3, 0.4) is 0 Å². The molecular weight excluding hydrogens is 249 g/mol. The van der Waals surface area contributed by atoms with E-state index in [1.54, 1.807) is 13.0 Å². The van der Waals surface area contributed by atoms with Gasteiger partial charge < -0.3 is 5.73 Å². The lowest BCUT2D eigenvalue weighted by Crippen LogP contribution is -2.09. The maximum atomic E-state index is 13.2. The van der Waals surface area contributed by atoms with Gasteiger partial charge in [-0.25, -0.2) is 4.39 Å². The Balaban J connectivity index is 3.13. The van der Waals surface area contributed by atoms with Crippen LogP contribution >= 0.6 is 15.9 Å². The number of halogens is 2. The average Bonchev–Trinajstić information content (AvgIpc) is 2.11. The first-order chi connectivity index (χ1) is 6.56. The summed E-state index contributed by atoms with van der Waals surface area (Å²) in [5.41, 5.74) is 6.36. The average molecular weight is 260 g/mol. The fraction of sp³-hybridized carbons (Fsp3) is 0.300. The summed E-state index contributed by atoms with van der Waals surface area (Å²) < 4.78 is 13.4. The van der Waals surface area contributed by atoms with Gasteiger partial charge in [0.1, 0.15) is 5.82 Å². The van der Waals surface area contributed by atoms with Crippen LogP contribution in [0.15, 0.2) is 16.6 Å². The second kappa shape index (κ2) is 4.66. The van der Waals surface area contributed by atoms with Crippen LogP contribution in [-0.2, 0) is 0 Å². The molecule has 2 nitrogen and oxygen atoms in total. The second-order valence-corrected chi connectivity index (χ2v) is 3.86. The standard InChI is InChI=1S/C10H11BrFNO/c1-6-4-7(9(14)2-3-13)10(11)8(12)5-6/h4-5H,2-3,13H2,1H3. The molecule has 0 bridgehead atoms. The number of hydrogen-bond donors (Lipinski definition) is 1. The van der Waals surface area contributed by atoms with E-state index in [9.17, 15) is 9.18 Å². The normalized spacial score (nSPS) is 10.3. The largest absolute Gasteiger partial charge is 0.330 e. The zero-order valence-corrected chi connectivity index (χ0v) is 9.40. The molecule has 1 aromatic carbocycles. The molecule has 1 aromatic rings. The number of hydrogen-bond acceptors (Lipinski definition) is 2. The highest BCUT2D eigenvalue weighted by atomic mass is 79.9. The summed E-state index contributed by atoms with van der Waals surface area (Å²) in [6.07, 6.45) is 0.238. The van der Waals surface area contributed by atoms with E-state index in [0.29, 0.717) is 5.56 Å². The van der Waals surface area contributed by atoms with Crippen molar-refractivity contribution in [3.8, 4) is 0 Å². The Morgan fingerprint density at radius 3 is 2.79 bits per heavy atom. The van der Waals surface area contributed by atoms with E-state index in [1.165, 1.54) is 6.07 Å². The van der Waals surface area contributed by atoms with E-state index < -0.39 is 5.82 Å². The summed E-state index contributed by atoms with van der Waals surface area (Å²) in [4.78, 5) is 11.5. The predicted octanol–water partition coefficient (Wildman–Crippen LogP) is 2.43. The molecule has 0 spiro atoms. The number of nitrogens with two attached hydrogens (primary N) is 1. The van der Waals surface area contributed by atoms with Crippen LogP contribution in [-0.4, -0.2) is 12.3 Å². The number of carbonyl (C=O) groups is 1. The van der Waals surface area contributed by atoms with Crippen molar-refractivity contribution >= 4 is 21.7 Å². The highest BCUT2D eigenvalue weighted by molar-refractivity contribution is 9.10. The van der Waals surface area contributed by atoms with Gasteiger partial charge in [-0.05, 0) is 47.1 Å². The Bertz CT molecular complexity index is 365. The van der Waals surface area contributed by atoms with Gasteiger partial charge in [0.2, 0.25) is 0 Å². The Morgan fingerprint density at radius 1 is 1.57 bits per heavy atom. The number of carbonyl (C=O) groups excluding carboxylic acids is 1.